The molecule has 4 aromatic rings. The Bertz CT molecular complexity index is 1340. The number of hydrogen-bond donors (Lipinski definition) is 1. The van der Waals surface area contributed by atoms with Gasteiger partial charge in [0.2, 0.25) is 5.91 Å². The highest BCUT2D eigenvalue weighted by Crippen LogP contribution is 2.20. The van der Waals surface area contributed by atoms with Crippen LogP contribution in [0.25, 0.3) is 10.9 Å². The van der Waals surface area contributed by atoms with Crippen molar-refractivity contribution in [2.75, 3.05) is 12.9 Å². The molecule has 0 aliphatic heterocycles. The molecule has 0 fully saturated rings. The summed E-state index contributed by atoms with van der Waals surface area (Å²) in [4.78, 5) is 30.4. The molecule has 168 valence electrons. The highest BCUT2D eigenvalue weighted by molar-refractivity contribution is 7.99. The Hall–Kier alpha value is -3.29. The first-order valence-electron chi connectivity index (χ1n) is 10.3. The number of methoxy groups -OCH3 is 1. The van der Waals surface area contributed by atoms with Gasteiger partial charge < -0.3 is 10.1 Å². The van der Waals surface area contributed by atoms with Crippen molar-refractivity contribution in [1.82, 2.24) is 14.9 Å². The smallest absolute Gasteiger partial charge is 0.262 e. The lowest BCUT2D eigenvalue weighted by Gasteiger charge is -2.13. The zero-order valence-corrected chi connectivity index (χ0v) is 19.5. The van der Waals surface area contributed by atoms with Crippen LogP contribution in [0.2, 0.25) is 5.02 Å². The van der Waals surface area contributed by atoms with Gasteiger partial charge in [-0.2, -0.15) is 0 Å². The van der Waals surface area contributed by atoms with Crippen LogP contribution in [0.3, 0.4) is 0 Å². The monoisotopic (exact) mass is 479 g/mol. The topological polar surface area (TPSA) is 73.2 Å². The van der Waals surface area contributed by atoms with Crippen molar-refractivity contribution in [3.63, 3.8) is 0 Å². The minimum absolute atomic E-state index is 0.135. The van der Waals surface area contributed by atoms with Gasteiger partial charge in [-0.25, -0.2) is 4.98 Å². The molecule has 1 N–H and O–H groups in total. The molecule has 0 saturated carbocycles. The number of halogens is 1. The van der Waals surface area contributed by atoms with Crippen molar-refractivity contribution in [2.45, 2.75) is 18.2 Å². The number of hydrogen-bond acceptors (Lipinski definition) is 5. The molecule has 4 rings (SSSR count). The molecule has 8 heteroatoms. The number of amides is 1. The van der Waals surface area contributed by atoms with Gasteiger partial charge >= 0.3 is 0 Å². The van der Waals surface area contributed by atoms with Gasteiger partial charge in [-0.3, -0.25) is 14.2 Å². The highest BCUT2D eigenvalue weighted by Gasteiger charge is 2.14. The third-order valence-corrected chi connectivity index (χ3v) is 6.25. The Kier molecular flexibility index (Phi) is 7.32. The summed E-state index contributed by atoms with van der Waals surface area (Å²) < 4.78 is 6.74. The van der Waals surface area contributed by atoms with Gasteiger partial charge in [-0.15, -0.1) is 0 Å². The van der Waals surface area contributed by atoms with Gasteiger partial charge in [0, 0.05) is 11.6 Å². The predicted octanol–water partition coefficient (Wildman–Crippen LogP) is 4.52. The minimum Gasteiger partial charge on any atom is -0.497 e. The van der Waals surface area contributed by atoms with E-state index in [9.17, 15) is 9.59 Å². The van der Waals surface area contributed by atoms with Crippen molar-refractivity contribution in [3.8, 4) is 5.75 Å². The van der Waals surface area contributed by atoms with Crippen molar-refractivity contribution in [1.29, 1.82) is 0 Å². The van der Waals surface area contributed by atoms with E-state index in [0.29, 0.717) is 34.2 Å². The van der Waals surface area contributed by atoms with Crippen LogP contribution in [0.1, 0.15) is 11.1 Å². The molecule has 33 heavy (non-hydrogen) atoms. The molecular weight excluding hydrogens is 458 g/mol. The molecule has 0 aliphatic rings. The highest BCUT2D eigenvalue weighted by atomic mass is 35.5. The summed E-state index contributed by atoms with van der Waals surface area (Å²) in [5.74, 6) is 0.754. The van der Waals surface area contributed by atoms with Crippen molar-refractivity contribution in [2.24, 2.45) is 0 Å². The number of ether oxygens (including phenoxy) is 1. The first-order valence-corrected chi connectivity index (χ1v) is 11.7. The fourth-order valence-electron chi connectivity index (χ4n) is 3.34. The Labute approximate surface area is 200 Å². The molecular formula is C25H22ClN3O3S. The number of fused-ring (bicyclic) bond motifs is 1. The second-order valence-electron chi connectivity index (χ2n) is 7.35. The van der Waals surface area contributed by atoms with Crippen LogP contribution >= 0.6 is 23.4 Å². The number of benzene rings is 3. The summed E-state index contributed by atoms with van der Waals surface area (Å²) in [6.45, 7) is 0.719. The molecule has 1 aromatic heterocycles. The summed E-state index contributed by atoms with van der Waals surface area (Å²) in [5, 5.41) is 4.52. The maximum absolute atomic E-state index is 13.2. The van der Waals surface area contributed by atoms with Gasteiger partial charge in [-0.05, 0) is 47.5 Å². The molecule has 1 amide bonds. The number of rotatable bonds is 8. The summed E-state index contributed by atoms with van der Waals surface area (Å²) in [5.41, 5.74) is 2.30. The number of aromatic nitrogens is 2. The average molecular weight is 480 g/mol. The van der Waals surface area contributed by atoms with Crippen LogP contribution in [0, 0.1) is 0 Å². The fourth-order valence-corrected chi connectivity index (χ4v) is 4.38. The van der Waals surface area contributed by atoms with E-state index in [4.69, 9.17) is 16.3 Å². The van der Waals surface area contributed by atoms with Crippen LogP contribution < -0.4 is 15.6 Å². The summed E-state index contributed by atoms with van der Waals surface area (Å²) in [7, 11) is 1.61. The second-order valence-corrected chi connectivity index (χ2v) is 8.73. The van der Waals surface area contributed by atoms with E-state index >= 15 is 0 Å². The van der Waals surface area contributed by atoms with Gasteiger partial charge in [0.25, 0.3) is 5.56 Å². The predicted molar refractivity (Wildman–Crippen MR) is 132 cm³/mol. The molecule has 6 nitrogen and oxygen atoms in total. The Morgan fingerprint density at radius 2 is 1.85 bits per heavy atom. The normalized spacial score (nSPS) is 10.8. The quantitative estimate of drug-likeness (QED) is 0.297. The summed E-state index contributed by atoms with van der Waals surface area (Å²) >= 11 is 7.36. The number of carbonyl (C=O) groups is 1. The molecule has 0 spiro atoms. The third-order valence-electron chi connectivity index (χ3n) is 5.04. The Balaban J connectivity index is 1.51. The Morgan fingerprint density at radius 3 is 2.61 bits per heavy atom. The lowest BCUT2D eigenvalue weighted by molar-refractivity contribution is -0.118. The molecule has 0 aliphatic carbocycles. The maximum atomic E-state index is 13.2. The van der Waals surface area contributed by atoms with Gasteiger partial charge in [0.1, 0.15) is 5.75 Å². The van der Waals surface area contributed by atoms with E-state index in [1.165, 1.54) is 11.8 Å². The number of thioether (sulfide) groups is 1. The first-order chi connectivity index (χ1) is 16.0. The van der Waals surface area contributed by atoms with Crippen LogP contribution in [-0.4, -0.2) is 28.3 Å². The molecule has 0 radical (unpaired) electrons. The van der Waals surface area contributed by atoms with Gasteiger partial charge in [0.15, 0.2) is 5.16 Å². The molecule has 0 atom stereocenters. The third kappa shape index (κ3) is 5.74. The number of nitrogens with zero attached hydrogens (tertiary/aromatic N) is 2. The second kappa shape index (κ2) is 10.6. The van der Waals surface area contributed by atoms with Crippen LogP contribution in [0.5, 0.6) is 5.75 Å². The number of para-hydroxylation sites is 1. The number of nitrogens with one attached hydrogen (secondary N) is 1. The van der Waals surface area contributed by atoms with E-state index in [2.05, 4.69) is 10.3 Å². The van der Waals surface area contributed by atoms with Gasteiger partial charge in [0.05, 0.1) is 30.3 Å². The number of carbonyl (C=O) groups excluding carboxylic acids is 1. The van der Waals surface area contributed by atoms with Crippen molar-refractivity contribution >= 4 is 40.2 Å². The molecule has 0 saturated heterocycles. The van der Waals surface area contributed by atoms with Crippen molar-refractivity contribution < 1.29 is 9.53 Å². The fraction of sp³-hybridized carbons (Fsp3) is 0.160. The zero-order chi connectivity index (χ0) is 23.2. The van der Waals surface area contributed by atoms with E-state index < -0.39 is 0 Å². The van der Waals surface area contributed by atoms with Crippen LogP contribution in [-0.2, 0) is 17.9 Å². The lowest BCUT2D eigenvalue weighted by Crippen LogP contribution is -2.27. The van der Waals surface area contributed by atoms with Gasteiger partial charge in [-0.1, -0.05) is 59.8 Å². The van der Waals surface area contributed by atoms with Crippen molar-refractivity contribution in [3.05, 3.63) is 99.3 Å². The largest absolute Gasteiger partial charge is 0.497 e. The van der Waals surface area contributed by atoms with Crippen LogP contribution in [0.4, 0.5) is 0 Å². The van der Waals surface area contributed by atoms with E-state index in [0.717, 1.165) is 16.9 Å². The van der Waals surface area contributed by atoms with Crippen LogP contribution in [0.15, 0.2) is 82.7 Å². The maximum Gasteiger partial charge on any atom is 0.262 e. The SMILES string of the molecule is COc1ccc(CNC(=O)CSc2nc3ccccc3c(=O)n2Cc2cccc(Cl)c2)cc1. The summed E-state index contributed by atoms with van der Waals surface area (Å²) in [6.07, 6.45) is 0. The van der Waals surface area contributed by atoms with E-state index in [1.807, 2.05) is 54.6 Å². The zero-order valence-electron chi connectivity index (χ0n) is 18.0. The standard InChI is InChI=1S/C25H22ClN3O3S/c1-32-20-11-9-17(10-12-20)14-27-23(30)16-33-25-28-22-8-3-2-7-21(22)24(31)29(25)15-18-5-4-6-19(26)13-18/h2-13H,14-16H2,1H3,(H,27,30). The van der Waals surface area contributed by atoms with E-state index in [1.54, 1.807) is 29.9 Å². The summed E-state index contributed by atoms with van der Waals surface area (Å²) in [6, 6.07) is 22.1. The molecule has 0 unspecified atom stereocenters. The molecule has 0 bridgehead atoms. The minimum atomic E-state index is -0.151. The Morgan fingerprint density at radius 1 is 1.06 bits per heavy atom. The molecule has 1 heterocycles. The first kappa shape index (κ1) is 22.9. The average Bonchev–Trinajstić information content (AvgIpc) is 2.84. The molecule has 3 aromatic carbocycles. The van der Waals surface area contributed by atoms with E-state index in [-0.39, 0.29) is 17.2 Å². The lowest BCUT2D eigenvalue weighted by atomic mass is 10.2.